The fraction of sp³-hybridized carbons (Fsp3) is 0.333. The normalized spacial score (nSPS) is 10.4. The summed E-state index contributed by atoms with van der Waals surface area (Å²) in [7, 11) is 0. The number of carbonyl (C=O) groups is 1. The van der Waals surface area contributed by atoms with Crippen LogP contribution in [0.3, 0.4) is 0 Å². The first kappa shape index (κ1) is 14.9. The van der Waals surface area contributed by atoms with Crippen LogP contribution in [0.25, 0.3) is 0 Å². The van der Waals surface area contributed by atoms with Crippen molar-refractivity contribution in [2.24, 2.45) is 0 Å². The quantitative estimate of drug-likeness (QED) is 0.862. The van der Waals surface area contributed by atoms with Gasteiger partial charge in [-0.2, -0.15) is 5.10 Å². The fourth-order valence-corrected chi connectivity index (χ4v) is 1.99. The number of aromatic nitrogens is 3. The second kappa shape index (κ2) is 6.30. The van der Waals surface area contributed by atoms with Crippen LogP contribution in [0.2, 0.25) is 0 Å². The Morgan fingerprint density at radius 3 is 2.76 bits per heavy atom. The summed E-state index contributed by atoms with van der Waals surface area (Å²) in [4.78, 5) is 27.6. The van der Waals surface area contributed by atoms with E-state index in [1.165, 1.54) is 6.20 Å². The number of esters is 1. The molecule has 21 heavy (non-hydrogen) atoms. The van der Waals surface area contributed by atoms with Crippen molar-refractivity contribution in [1.82, 2.24) is 15.2 Å². The number of carbonyl (C=O) groups excluding carboxylic acids is 1. The van der Waals surface area contributed by atoms with Crippen LogP contribution in [0, 0.1) is 13.8 Å². The summed E-state index contributed by atoms with van der Waals surface area (Å²) in [6.07, 6.45) is 1.87. The summed E-state index contributed by atoms with van der Waals surface area (Å²) in [5, 5.41) is 6.29. The summed E-state index contributed by atoms with van der Waals surface area (Å²) in [5.74, 6) is -0.391. The van der Waals surface area contributed by atoms with Crippen molar-refractivity contribution in [2.75, 3.05) is 6.61 Å². The third-order valence-corrected chi connectivity index (χ3v) is 3.06. The maximum absolute atomic E-state index is 11.7. The predicted molar refractivity (Wildman–Crippen MR) is 77.3 cm³/mol. The molecule has 2 rings (SSSR count). The van der Waals surface area contributed by atoms with E-state index in [1.54, 1.807) is 19.1 Å². The highest BCUT2D eigenvalue weighted by Gasteiger charge is 2.11. The molecule has 2 aromatic heterocycles. The van der Waals surface area contributed by atoms with Crippen LogP contribution >= 0.6 is 0 Å². The standard InChI is InChI=1S/C15H17N3O3/c1-4-21-15(20)12-5-9(2)13(16-8-12)7-11-6-10(3)17-18-14(11)19/h5-6,8H,4,7H2,1-3H3,(H,18,19). The number of nitrogens with one attached hydrogen (secondary N) is 1. The van der Waals surface area contributed by atoms with E-state index in [4.69, 9.17) is 4.74 Å². The maximum atomic E-state index is 11.7. The van der Waals surface area contributed by atoms with Gasteiger partial charge in [-0.05, 0) is 38.5 Å². The van der Waals surface area contributed by atoms with Gasteiger partial charge in [0.2, 0.25) is 0 Å². The molecule has 110 valence electrons. The number of H-pyrrole nitrogens is 1. The minimum Gasteiger partial charge on any atom is -0.462 e. The largest absolute Gasteiger partial charge is 0.462 e. The molecule has 0 radical (unpaired) electrons. The molecule has 0 aliphatic heterocycles. The smallest absolute Gasteiger partial charge is 0.339 e. The highest BCUT2D eigenvalue weighted by atomic mass is 16.5. The molecule has 0 unspecified atom stereocenters. The summed E-state index contributed by atoms with van der Waals surface area (Å²) in [5.41, 5.74) is 3.12. The van der Waals surface area contributed by atoms with E-state index in [9.17, 15) is 9.59 Å². The molecule has 0 saturated carbocycles. The van der Waals surface area contributed by atoms with Crippen LogP contribution in [0.15, 0.2) is 23.1 Å². The topological polar surface area (TPSA) is 84.9 Å². The van der Waals surface area contributed by atoms with Crippen LogP contribution in [0.4, 0.5) is 0 Å². The molecular formula is C15H17N3O3. The van der Waals surface area contributed by atoms with Crippen LogP contribution in [0.1, 0.15) is 39.8 Å². The van der Waals surface area contributed by atoms with Crippen molar-refractivity contribution in [1.29, 1.82) is 0 Å². The fourth-order valence-electron chi connectivity index (χ4n) is 1.99. The lowest BCUT2D eigenvalue weighted by atomic mass is 10.1. The number of aryl methyl sites for hydroxylation is 2. The van der Waals surface area contributed by atoms with Gasteiger partial charge in [-0.3, -0.25) is 9.78 Å². The van der Waals surface area contributed by atoms with Crippen molar-refractivity contribution in [3.8, 4) is 0 Å². The molecule has 0 fully saturated rings. The van der Waals surface area contributed by atoms with Crippen molar-refractivity contribution >= 4 is 5.97 Å². The molecule has 2 aromatic rings. The Hall–Kier alpha value is -2.50. The zero-order chi connectivity index (χ0) is 15.4. The highest BCUT2D eigenvalue weighted by molar-refractivity contribution is 5.89. The van der Waals surface area contributed by atoms with Gasteiger partial charge in [0.25, 0.3) is 5.56 Å². The first-order valence-electron chi connectivity index (χ1n) is 6.69. The minimum absolute atomic E-state index is 0.226. The Morgan fingerprint density at radius 1 is 1.33 bits per heavy atom. The molecule has 0 aromatic carbocycles. The zero-order valence-electron chi connectivity index (χ0n) is 12.3. The average Bonchev–Trinajstić information content (AvgIpc) is 2.45. The Labute approximate surface area is 122 Å². The van der Waals surface area contributed by atoms with E-state index in [2.05, 4.69) is 15.2 Å². The molecular weight excluding hydrogens is 270 g/mol. The molecule has 6 heteroatoms. The van der Waals surface area contributed by atoms with Crippen LogP contribution in [0.5, 0.6) is 0 Å². The summed E-state index contributed by atoms with van der Waals surface area (Å²) in [6.45, 7) is 5.74. The maximum Gasteiger partial charge on any atom is 0.339 e. The lowest BCUT2D eigenvalue weighted by Crippen LogP contribution is -2.16. The van der Waals surface area contributed by atoms with Gasteiger partial charge >= 0.3 is 5.97 Å². The Kier molecular flexibility index (Phi) is 4.47. The SMILES string of the molecule is CCOC(=O)c1cnc(Cc2cc(C)n[nH]c2=O)c(C)c1. The molecule has 2 heterocycles. The van der Waals surface area contributed by atoms with Gasteiger partial charge < -0.3 is 4.74 Å². The number of hydrogen-bond donors (Lipinski definition) is 1. The van der Waals surface area contributed by atoms with E-state index < -0.39 is 5.97 Å². The number of pyridine rings is 1. The number of rotatable bonds is 4. The van der Waals surface area contributed by atoms with E-state index in [0.717, 1.165) is 17.0 Å². The zero-order valence-corrected chi connectivity index (χ0v) is 12.3. The van der Waals surface area contributed by atoms with Crippen LogP contribution in [-0.2, 0) is 11.2 Å². The molecule has 0 atom stereocenters. The molecule has 1 N–H and O–H groups in total. The predicted octanol–water partition coefficient (Wildman–Crippen LogP) is 1.55. The third-order valence-electron chi connectivity index (χ3n) is 3.06. The summed E-state index contributed by atoms with van der Waals surface area (Å²) in [6, 6.07) is 3.46. The molecule has 0 aliphatic rings. The molecule has 0 spiro atoms. The molecule has 0 amide bonds. The molecule has 0 saturated heterocycles. The number of aromatic amines is 1. The van der Waals surface area contributed by atoms with E-state index in [-0.39, 0.29) is 5.56 Å². The minimum atomic E-state index is -0.391. The average molecular weight is 287 g/mol. The first-order chi connectivity index (χ1) is 10.0. The third kappa shape index (κ3) is 3.53. The number of ether oxygens (including phenoxy) is 1. The van der Waals surface area contributed by atoms with Gasteiger partial charge in [0, 0.05) is 23.9 Å². The van der Waals surface area contributed by atoms with Gasteiger partial charge in [0.05, 0.1) is 17.9 Å². The highest BCUT2D eigenvalue weighted by Crippen LogP contribution is 2.12. The Balaban J connectivity index is 2.27. The lowest BCUT2D eigenvalue weighted by Gasteiger charge is -2.07. The number of hydrogen-bond acceptors (Lipinski definition) is 5. The van der Waals surface area contributed by atoms with Crippen molar-refractivity contribution in [2.45, 2.75) is 27.2 Å². The second-order valence-electron chi connectivity index (χ2n) is 4.75. The van der Waals surface area contributed by atoms with Crippen molar-refractivity contribution in [3.63, 3.8) is 0 Å². The van der Waals surface area contributed by atoms with Crippen molar-refractivity contribution in [3.05, 3.63) is 56.8 Å². The Bertz CT molecular complexity index is 722. The monoisotopic (exact) mass is 287 g/mol. The summed E-state index contributed by atoms with van der Waals surface area (Å²) >= 11 is 0. The molecule has 0 aliphatic carbocycles. The van der Waals surface area contributed by atoms with E-state index >= 15 is 0 Å². The van der Waals surface area contributed by atoms with E-state index in [1.807, 2.05) is 13.8 Å². The number of nitrogens with zero attached hydrogens (tertiary/aromatic N) is 2. The summed E-state index contributed by atoms with van der Waals surface area (Å²) < 4.78 is 4.93. The van der Waals surface area contributed by atoms with Gasteiger partial charge in [-0.25, -0.2) is 9.89 Å². The van der Waals surface area contributed by atoms with Crippen LogP contribution < -0.4 is 5.56 Å². The lowest BCUT2D eigenvalue weighted by molar-refractivity contribution is 0.0525. The second-order valence-corrected chi connectivity index (χ2v) is 4.75. The van der Waals surface area contributed by atoms with Crippen molar-refractivity contribution < 1.29 is 9.53 Å². The Morgan fingerprint density at radius 2 is 2.10 bits per heavy atom. The first-order valence-corrected chi connectivity index (χ1v) is 6.69. The van der Waals surface area contributed by atoms with Gasteiger partial charge in [-0.15, -0.1) is 0 Å². The molecule has 6 nitrogen and oxygen atoms in total. The van der Waals surface area contributed by atoms with Crippen LogP contribution in [-0.4, -0.2) is 27.8 Å². The molecule has 0 bridgehead atoms. The van der Waals surface area contributed by atoms with Gasteiger partial charge in [-0.1, -0.05) is 0 Å². The van der Waals surface area contributed by atoms with E-state index in [0.29, 0.717) is 24.2 Å². The van der Waals surface area contributed by atoms with Gasteiger partial charge in [0.1, 0.15) is 0 Å². The van der Waals surface area contributed by atoms with Gasteiger partial charge in [0.15, 0.2) is 0 Å².